The van der Waals surface area contributed by atoms with Crippen molar-refractivity contribution in [1.29, 1.82) is 0 Å². The molecule has 0 aromatic heterocycles. The number of aliphatic hydroxyl groups is 1. The summed E-state index contributed by atoms with van der Waals surface area (Å²) >= 11 is 0. The fourth-order valence-corrected chi connectivity index (χ4v) is 1.48. The third-order valence-electron chi connectivity index (χ3n) is 2.66. The average Bonchev–Trinajstić information content (AvgIpc) is 2.22. The highest BCUT2D eigenvalue weighted by Gasteiger charge is 2.04. The Morgan fingerprint density at radius 2 is 1.93 bits per heavy atom. The zero-order chi connectivity index (χ0) is 10.4. The minimum atomic E-state index is 0.297. The topological polar surface area (TPSA) is 46.2 Å². The lowest BCUT2D eigenvalue weighted by Crippen LogP contribution is -2.05. The zero-order valence-corrected chi connectivity index (χ0v) is 8.74. The molecule has 0 radical (unpaired) electrons. The van der Waals surface area contributed by atoms with Crippen LogP contribution in [0.5, 0.6) is 0 Å². The van der Waals surface area contributed by atoms with E-state index in [9.17, 15) is 0 Å². The summed E-state index contributed by atoms with van der Waals surface area (Å²) in [5.41, 5.74) is 7.70. The molecule has 1 rings (SSSR count). The lowest BCUT2D eigenvalue weighted by Gasteiger charge is -2.10. The molecule has 2 heteroatoms. The predicted molar refractivity (Wildman–Crippen MR) is 60.0 cm³/mol. The van der Waals surface area contributed by atoms with Gasteiger partial charge >= 0.3 is 0 Å². The first-order valence-electron chi connectivity index (χ1n) is 5.21. The molecule has 0 fully saturated rings. The first-order chi connectivity index (χ1) is 6.76. The van der Waals surface area contributed by atoms with Gasteiger partial charge in [-0.2, -0.15) is 0 Å². The van der Waals surface area contributed by atoms with Gasteiger partial charge in [-0.05, 0) is 36.5 Å². The highest BCUT2D eigenvalue weighted by molar-refractivity contribution is 5.39. The smallest absolute Gasteiger partial charge is 0.0459 e. The van der Waals surface area contributed by atoms with E-state index in [0.717, 1.165) is 24.9 Å². The fraction of sp³-hybridized carbons (Fsp3) is 0.500. The third kappa shape index (κ3) is 3.38. The highest BCUT2D eigenvalue weighted by Crippen LogP contribution is 2.13. The summed E-state index contributed by atoms with van der Waals surface area (Å²) < 4.78 is 0. The van der Waals surface area contributed by atoms with Crippen molar-refractivity contribution in [3.63, 3.8) is 0 Å². The van der Waals surface area contributed by atoms with Crippen molar-refractivity contribution in [3.8, 4) is 0 Å². The van der Waals surface area contributed by atoms with Crippen LogP contribution in [0.25, 0.3) is 0 Å². The van der Waals surface area contributed by atoms with Crippen molar-refractivity contribution in [3.05, 3.63) is 29.8 Å². The Hall–Kier alpha value is -1.02. The van der Waals surface area contributed by atoms with Gasteiger partial charge in [-0.15, -0.1) is 0 Å². The lowest BCUT2D eigenvalue weighted by atomic mass is 9.98. The number of nitrogen functional groups attached to an aromatic ring is 1. The minimum absolute atomic E-state index is 0.297. The Bertz CT molecular complexity index is 252. The van der Waals surface area contributed by atoms with E-state index in [2.05, 4.69) is 19.1 Å². The molecule has 0 bridgehead atoms. The van der Waals surface area contributed by atoms with Crippen LogP contribution in [-0.2, 0) is 6.42 Å². The molecular formula is C12H19NO. The van der Waals surface area contributed by atoms with Crippen molar-refractivity contribution < 1.29 is 5.11 Å². The molecule has 3 N–H and O–H groups in total. The molecule has 1 unspecified atom stereocenters. The Morgan fingerprint density at radius 3 is 2.43 bits per heavy atom. The van der Waals surface area contributed by atoms with Crippen LogP contribution in [0.4, 0.5) is 5.69 Å². The SMILES string of the molecule is CCC(CO)CCc1ccc(N)cc1. The van der Waals surface area contributed by atoms with Crippen LogP contribution >= 0.6 is 0 Å². The number of aliphatic hydroxyl groups excluding tert-OH is 1. The number of hydrogen-bond donors (Lipinski definition) is 2. The van der Waals surface area contributed by atoms with Crippen LogP contribution in [-0.4, -0.2) is 11.7 Å². The van der Waals surface area contributed by atoms with Crippen LogP contribution in [0.1, 0.15) is 25.3 Å². The first kappa shape index (κ1) is 11.1. The maximum atomic E-state index is 9.03. The maximum absolute atomic E-state index is 9.03. The maximum Gasteiger partial charge on any atom is 0.0459 e. The molecule has 2 nitrogen and oxygen atoms in total. The van der Waals surface area contributed by atoms with Crippen molar-refractivity contribution in [2.45, 2.75) is 26.2 Å². The largest absolute Gasteiger partial charge is 0.399 e. The Labute approximate surface area is 85.8 Å². The average molecular weight is 193 g/mol. The van der Waals surface area contributed by atoms with E-state index in [1.165, 1.54) is 5.56 Å². The molecule has 0 heterocycles. The summed E-state index contributed by atoms with van der Waals surface area (Å²) in [5.74, 6) is 0.438. The quantitative estimate of drug-likeness (QED) is 0.704. The molecule has 0 amide bonds. The van der Waals surface area contributed by atoms with Gasteiger partial charge in [0.1, 0.15) is 0 Å². The molecule has 0 aliphatic carbocycles. The number of aryl methyl sites for hydroxylation is 1. The van der Waals surface area contributed by atoms with Crippen LogP contribution < -0.4 is 5.73 Å². The Morgan fingerprint density at radius 1 is 1.29 bits per heavy atom. The minimum Gasteiger partial charge on any atom is -0.399 e. The van der Waals surface area contributed by atoms with Gasteiger partial charge < -0.3 is 10.8 Å². The third-order valence-corrected chi connectivity index (χ3v) is 2.66. The molecule has 1 atom stereocenters. The summed E-state index contributed by atoms with van der Waals surface area (Å²) in [6.07, 6.45) is 3.13. The predicted octanol–water partition coefficient (Wildman–Crippen LogP) is 2.22. The van der Waals surface area contributed by atoms with Gasteiger partial charge in [-0.25, -0.2) is 0 Å². The van der Waals surface area contributed by atoms with E-state index in [4.69, 9.17) is 10.8 Å². The summed E-state index contributed by atoms with van der Waals surface area (Å²) in [4.78, 5) is 0. The van der Waals surface area contributed by atoms with Crippen LogP contribution in [0.2, 0.25) is 0 Å². The molecule has 1 aromatic carbocycles. The van der Waals surface area contributed by atoms with Gasteiger partial charge in [0.05, 0.1) is 0 Å². The van der Waals surface area contributed by atoms with Crippen LogP contribution in [0, 0.1) is 5.92 Å². The van der Waals surface area contributed by atoms with Crippen molar-refractivity contribution in [2.24, 2.45) is 5.92 Å². The standard InChI is InChI=1S/C12H19NO/c1-2-10(9-14)3-4-11-5-7-12(13)8-6-11/h5-8,10,14H,2-4,9,13H2,1H3. The molecule has 0 saturated carbocycles. The summed E-state index contributed by atoms with van der Waals surface area (Å²) in [6, 6.07) is 7.96. The molecule has 0 saturated heterocycles. The van der Waals surface area contributed by atoms with Crippen molar-refractivity contribution in [2.75, 3.05) is 12.3 Å². The second-order valence-corrected chi connectivity index (χ2v) is 3.74. The second kappa shape index (κ2) is 5.66. The van der Waals surface area contributed by atoms with E-state index in [-0.39, 0.29) is 0 Å². The van der Waals surface area contributed by atoms with Gasteiger partial charge in [0, 0.05) is 12.3 Å². The molecule has 0 spiro atoms. The van der Waals surface area contributed by atoms with E-state index >= 15 is 0 Å². The monoisotopic (exact) mass is 193 g/mol. The lowest BCUT2D eigenvalue weighted by molar-refractivity contribution is 0.215. The van der Waals surface area contributed by atoms with E-state index < -0.39 is 0 Å². The summed E-state index contributed by atoms with van der Waals surface area (Å²) in [5, 5.41) is 9.03. The van der Waals surface area contributed by atoms with Gasteiger partial charge in [0.25, 0.3) is 0 Å². The molecule has 14 heavy (non-hydrogen) atoms. The molecule has 0 aliphatic rings. The normalized spacial score (nSPS) is 12.7. The molecule has 78 valence electrons. The van der Waals surface area contributed by atoms with Gasteiger partial charge in [0.2, 0.25) is 0 Å². The van der Waals surface area contributed by atoms with E-state index in [0.29, 0.717) is 12.5 Å². The van der Waals surface area contributed by atoms with Crippen molar-refractivity contribution >= 4 is 5.69 Å². The molecule has 1 aromatic rings. The van der Waals surface area contributed by atoms with Crippen LogP contribution in [0.15, 0.2) is 24.3 Å². The molecular weight excluding hydrogens is 174 g/mol. The zero-order valence-electron chi connectivity index (χ0n) is 8.74. The first-order valence-corrected chi connectivity index (χ1v) is 5.21. The van der Waals surface area contributed by atoms with Crippen molar-refractivity contribution in [1.82, 2.24) is 0 Å². The fourth-order valence-electron chi connectivity index (χ4n) is 1.48. The summed E-state index contributed by atoms with van der Waals surface area (Å²) in [7, 11) is 0. The Kier molecular flexibility index (Phi) is 4.47. The number of benzene rings is 1. The van der Waals surface area contributed by atoms with Crippen LogP contribution in [0.3, 0.4) is 0 Å². The second-order valence-electron chi connectivity index (χ2n) is 3.74. The van der Waals surface area contributed by atoms with E-state index in [1.54, 1.807) is 0 Å². The summed E-state index contributed by atoms with van der Waals surface area (Å²) in [6.45, 7) is 2.41. The van der Waals surface area contributed by atoms with Gasteiger partial charge in [-0.3, -0.25) is 0 Å². The number of nitrogens with two attached hydrogens (primary N) is 1. The van der Waals surface area contributed by atoms with Gasteiger partial charge in [0.15, 0.2) is 0 Å². The van der Waals surface area contributed by atoms with Gasteiger partial charge in [-0.1, -0.05) is 25.5 Å². The highest BCUT2D eigenvalue weighted by atomic mass is 16.3. The molecule has 0 aliphatic heterocycles. The van der Waals surface area contributed by atoms with E-state index in [1.807, 2.05) is 12.1 Å². The number of hydrogen-bond acceptors (Lipinski definition) is 2. The Balaban J connectivity index is 2.41. The number of anilines is 1. The number of rotatable bonds is 5.